The van der Waals surface area contributed by atoms with Crippen LogP contribution in [0.1, 0.15) is 25.7 Å². The van der Waals surface area contributed by atoms with Crippen molar-refractivity contribution in [3.63, 3.8) is 0 Å². The summed E-state index contributed by atoms with van der Waals surface area (Å²) < 4.78 is 0. The van der Waals surface area contributed by atoms with Crippen LogP contribution in [0.25, 0.3) is 0 Å². The number of aliphatic hydroxyl groups excluding tert-OH is 1. The van der Waals surface area contributed by atoms with Gasteiger partial charge in [-0.1, -0.05) is 18.9 Å². The number of hydrogen-bond acceptors (Lipinski definition) is 5. The van der Waals surface area contributed by atoms with Crippen LogP contribution in [0.3, 0.4) is 0 Å². The van der Waals surface area contributed by atoms with Gasteiger partial charge in [0.15, 0.2) is 0 Å². The average Bonchev–Trinajstić information content (AvgIpc) is 2.71. The number of anilines is 2. The van der Waals surface area contributed by atoms with Crippen molar-refractivity contribution in [2.75, 3.05) is 30.4 Å². The minimum Gasteiger partial charge on any atom is -0.394 e. The van der Waals surface area contributed by atoms with Crippen molar-refractivity contribution < 1.29 is 10.0 Å². The molecule has 1 aliphatic heterocycles. The van der Waals surface area contributed by atoms with E-state index in [0.717, 1.165) is 32.2 Å². The highest BCUT2D eigenvalue weighted by molar-refractivity contribution is 5.77. The highest BCUT2D eigenvalue weighted by Crippen LogP contribution is 2.37. The van der Waals surface area contributed by atoms with Gasteiger partial charge < -0.3 is 15.3 Å². The maximum Gasteiger partial charge on any atom is 0.315 e. The fourth-order valence-corrected chi connectivity index (χ4v) is 2.84. The average molecular weight is 279 g/mol. The summed E-state index contributed by atoms with van der Waals surface area (Å²) in [5.41, 5.74) is 1.20. The second-order valence-electron chi connectivity index (χ2n) is 5.06. The molecule has 6 heteroatoms. The van der Waals surface area contributed by atoms with Gasteiger partial charge in [0.05, 0.1) is 17.6 Å². The van der Waals surface area contributed by atoms with E-state index in [2.05, 4.69) is 5.32 Å². The van der Waals surface area contributed by atoms with E-state index < -0.39 is 0 Å². The molecule has 1 aromatic carbocycles. The van der Waals surface area contributed by atoms with Gasteiger partial charge in [-0.3, -0.25) is 10.1 Å². The Labute approximate surface area is 118 Å². The quantitative estimate of drug-likeness (QED) is 0.653. The summed E-state index contributed by atoms with van der Waals surface area (Å²) in [6, 6.07) is 5.25. The number of nitro benzene ring substituents is 1. The Balaban J connectivity index is 2.46. The number of benzene rings is 1. The Hall–Kier alpha value is -1.82. The Morgan fingerprint density at radius 1 is 1.45 bits per heavy atom. The van der Waals surface area contributed by atoms with E-state index in [4.69, 9.17) is 0 Å². The summed E-state index contributed by atoms with van der Waals surface area (Å²) in [6.07, 6.45) is 4.03. The molecular weight excluding hydrogens is 258 g/mol. The molecule has 6 nitrogen and oxygen atoms in total. The molecule has 1 aliphatic rings. The van der Waals surface area contributed by atoms with Gasteiger partial charge in [-0.2, -0.15) is 0 Å². The van der Waals surface area contributed by atoms with Crippen molar-refractivity contribution in [1.82, 2.24) is 0 Å². The summed E-state index contributed by atoms with van der Waals surface area (Å²) in [5.74, 6) is 0. The van der Waals surface area contributed by atoms with Crippen molar-refractivity contribution in [2.24, 2.45) is 0 Å². The van der Waals surface area contributed by atoms with E-state index in [0.29, 0.717) is 11.4 Å². The predicted molar refractivity (Wildman–Crippen MR) is 79.3 cm³/mol. The van der Waals surface area contributed by atoms with Gasteiger partial charge in [-0.15, -0.1) is 0 Å². The molecule has 0 amide bonds. The van der Waals surface area contributed by atoms with E-state index in [9.17, 15) is 15.2 Å². The maximum absolute atomic E-state index is 11.4. The zero-order valence-electron chi connectivity index (χ0n) is 11.7. The van der Waals surface area contributed by atoms with Crippen molar-refractivity contribution >= 4 is 17.1 Å². The number of rotatable bonds is 4. The van der Waals surface area contributed by atoms with E-state index >= 15 is 0 Å². The minimum atomic E-state index is -0.347. The fraction of sp³-hybridized carbons (Fsp3) is 0.571. The molecule has 0 aliphatic carbocycles. The Kier molecular flexibility index (Phi) is 4.79. The van der Waals surface area contributed by atoms with Gasteiger partial charge in [0.25, 0.3) is 0 Å². The van der Waals surface area contributed by atoms with Crippen LogP contribution in [0, 0.1) is 10.1 Å². The third kappa shape index (κ3) is 2.85. The molecule has 0 radical (unpaired) electrons. The number of nitro groups is 1. The second-order valence-corrected chi connectivity index (χ2v) is 5.06. The fourth-order valence-electron chi connectivity index (χ4n) is 2.84. The first-order valence-electron chi connectivity index (χ1n) is 7.01. The standard InChI is InChI=1S/C14H21N3O3/c1-15-12-7-5-8-13(14(12)17(19)20)16-9-4-2-3-6-11(16)10-18/h5,7-8,11,15,18H,2-4,6,9-10H2,1H3. The molecule has 0 bridgehead atoms. The van der Waals surface area contributed by atoms with Crippen molar-refractivity contribution in [3.05, 3.63) is 28.3 Å². The third-order valence-electron chi connectivity index (χ3n) is 3.86. The van der Waals surface area contributed by atoms with Crippen molar-refractivity contribution in [3.8, 4) is 0 Å². The lowest BCUT2D eigenvalue weighted by Crippen LogP contribution is -2.38. The van der Waals surface area contributed by atoms with E-state index in [1.807, 2.05) is 11.0 Å². The van der Waals surface area contributed by atoms with Crippen molar-refractivity contribution in [1.29, 1.82) is 0 Å². The van der Waals surface area contributed by atoms with Crippen LogP contribution in [0.5, 0.6) is 0 Å². The van der Waals surface area contributed by atoms with E-state index in [1.54, 1.807) is 19.2 Å². The molecule has 1 saturated heterocycles. The highest BCUT2D eigenvalue weighted by atomic mass is 16.6. The monoisotopic (exact) mass is 279 g/mol. The molecule has 1 aromatic rings. The molecule has 2 N–H and O–H groups in total. The minimum absolute atomic E-state index is 0.0287. The number of para-hydroxylation sites is 1. The Morgan fingerprint density at radius 3 is 2.90 bits per heavy atom. The van der Waals surface area contributed by atoms with Crippen LogP contribution < -0.4 is 10.2 Å². The normalized spacial score (nSPS) is 19.5. The van der Waals surface area contributed by atoms with E-state index in [-0.39, 0.29) is 23.3 Å². The van der Waals surface area contributed by atoms with Gasteiger partial charge in [-0.25, -0.2) is 0 Å². The number of aliphatic hydroxyl groups is 1. The SMILES string of the molecule is CNc1cccc(N2CCCCCC2CO)c1[N+](=O)[O-]. The predicted octanol–water partition coefficient (Wildman–Crippen LogP) is 2.38. The molecule has 0 spiro atoms. The van der Waals surface area contributed by atoms with Crippen LogP contribution in [0.4, 0.5) is 17.1 Å². The lowest BCUT2D eigenvalue weighted by Gasteiger charge is -2.30. The molecule has 20 heavy (non-hydrogen) atoms. The molecule has 0 aromatic heterocycles. The van der Waals surface area contributed by atoms with Gasteiger partial charge in [-0.05, 0) is 25.0 Å². The Bertz CT molecular complexity index is 479. The van der Waals surface area contributed by atoms with Crippen LogP contribution in [0.15, 0.2) is 18.2 Å². The molecule has 110 valence electrons. The van der Waals surface area contributed by atoms with Crippen LogP contribution in [-0.2, 0) is 0 Å². The Morgan fingerprint density at radius 2 is 2.25 bits per heavy atom. The molecule has 1 atom stereocenters. The van der Waals surface area contributed by atoms with Crippen LogP contribution in [0.2, 0.25) is 0 Å². The molecule has 1 fully saturated rings. The lowest BCUT2D eigenvalue weighted by molar-refractivity contribution is -0.383. The molecule has 2 rings (SSSR count). The summed E-state index contributed by atoms with van der Waals surface area (Å²) in [7, 11) is 1.68. The first kappa shape index (κ1) is 14.6. The van der Waals surface area contributed by atoms with Crippen molar-refractivity contribution in [2.45, 2.75) is 31.7 Å². The first-order valence-corrected chi connectivity index (χ1v) is 7.01. The second kappa shape index (κ2) is 6.56. The van der Waals surface area contributed by atoms with Gasteiger partial charge in [0.1, 0.15) is 11.4 Å². The summed E-state index contributed by atoms with van der Waals surface area (Å²) >= 11 is 0. The topological polar surface area (TPSA) is 78.6 Å². The highest BCUT2D eigenvalue weighted by Gasteiger charge is 2.28. The lowest BCUT2D eigenvalue weighted by atomic mass is 10.1. The molecule has 1 unspecified atom stereocenters. The van der Waals surface area contributed by atoms with Crippen LogP contribution >= 0.6 is 0 Å². The zero-order valence-corrected chi connectivity index (χ0v) is 11.7. The number of nitrogens with zero attached hydrogens (tertiary/aromatic N) is 2. The molecule has 1 heterocycles. The smallest absolute Gasteiger partial charge is 0.315 e. The number of hydrogen-bond donors (Lipinski definition) is 2. The largest absolute Gasteiger partial charge is 0.394 e. The zero-order chi connectivity index (χ0) is 14.5. The maximum atomic E-state index is 11.4. The van der Waals surface area contributed by atoms with Crippen LogP contribution in [-0.4, -0.2) is 36.3 Å². The third-order valence-corrected chi connectivity index (χ3v) is 3.86. The first-order chi connectivity index (χ1) is 9.69. The van der Waals surface area contributed by atoms with E-state index in [1.165, 1.54) is 0 Å². The summed E-state index contributed by atoms with van der Waals surface area (Å²) in [6.45, 7) is 0.778. The van der Waals surface area contributed by atoms with Gasteiger partial charge in [0, 0.05) is 13.6 Å². The van der Waals surface area contributed by atoms with Gasteiger partial charge >= 0.3 is 5.69 Å². The summed E-state index contributed by atoms with van der Waals surface area (Å²) in [4.78, 5) is 13.0. The summed E-state index contributed by atoms with van der Waals surface area (Å²) in [5, 5.41) is 23.9. The molecular formula is C14H21N3O3. The van der Waals surface area contributed by atoms with Gasteiger partial charge in [0.2, 0.25) is 0 Å². The molecule has 0 saturated carbocycles. The number of nitrogens with one attached hydrogen (secondary N) is 1.